The molecule has 1 N–H and O–H groups in total. The molecule has 0 amide bonds. The molecule has 0 heterocycles. The van der Waals surface area contributed by atoms with Gasteiger partial charge in [-0.2, -0.15) is 0 Å². The molecule has 0 aliphatic carbocycles. The van der Waals surface area contributed by atoms with Gasteiger partial charge >= 0.3 is 0 Å². The lowest BCUT2D eigenvalue weighted by atomic mass is 9.94. The van der Waals surface area contributed by atoms with Gasteiger partial charge in [-0.25, -0.2) is 4.39 Å². The average molecular weight is 357 g/mol. The van der Waals surface area contributed by atoms with Crippen LogP contribution in [-0.2, 0) is 12.1 Å². The summed E-state index contributed by atoms with van der Waals surface area (Å²) < 4.78 is 14.3. The van der Waals surface area contributed by atoms with Crippen LogP contribution in [0.25, 0.3) is 0 Å². The molecule has 106 valence electrons. The average Bonchev–Trinajstić information content (AvgIpc) is 2.36. The third kappa shape index (κ3) is 4.05. The van der Waals surface area contributed by atoms with E-state index in [1.54, 1.807) is 6.07 Å². The van der Waals surface area contributed by atoms with E-state index in [4.69, 9.17) is 11.6 Å². The number of hydrogen-bond donors (Lipinski definition) is 1. The minimum absolute atomic E-state index is 0.209. The van der Waals surface area contributed by atoms with Crippen molar-refractivity contribution in [2.24, 2.45) is 0 Å². The van der Waals surface area contributed by atoms with Gasteiger partial charge in [-0.05, 0) is 55.3 Å². The van der Waals surface area contributed by atoms with E-state index >= 15 is 0 Å². The molecule has 0 bridgehead atoms. The Hall–Kier alpha value is -0.900. The van der Waals surface area contributed by atoms with Gasteiger partial charge in [0.15, 0.2) is 0 Å². The minimum Gasteiger partial charge on any atom is -0.304 e. The van der Waals surface area contributed by atoms with Crippen molar-refractivity contribution < 1.29 is 4.39 Å². The van der Waals surface area contributed by atoms with E-state index in [2.05, 4.69) is 47.2 Å². The van der Waals surface area contributed by atoms with E-state index in [0.717, 1.165) is 10.0 Å². The van der Waals surface area contributed by atoms with Crippen LogP contribution in [-0.4, -0.2) is 0 Å². The highest BCUT2D eigenvalue weighted by atomic mass is 79.9. The number of halogens is 3. The Bertz CT molecular complexity index is 576. The number of benzene rings is 2. The molecule has 0 spiro atoms. The first kappa shape index (κ1) is 15.5. The fraction of sp³-hybridized carbons (Fsp3) is 0.250. The molecular weight excluding hydrogens is 341 g/mol. The summed E-state index contributed by atoms with van der Waals surface area (Å²) in [6, 6.07) is 12.7. The second-order valence-electron chi connectivity index (χ2n) is 5.26. The van der Waals surface area contributed by atoms with E-state index in [0.29, 0.717) is 11.6 Å². The van der Waals surface area contributed by atoms with E-state index in [1.807, 2.05) is 12.1 Å². The van der Waals surface area contributed by atoms with Gasteiger partial charge in [0.25, 0.3) is 0 Å². The summed E-state index contributed by atoms with van der Waals surface area (Å²) in [5.74, 6) is -0.309. The van der Waals surface area contributed by atoms with Crippen LogP contribution in [0.2, 0.25) is 5.02 Å². The van der Waals surface area contributed by atoms with Crippen molar-refractivity contribution in [3.05, 3.63) is 68.9 Å². The quantitative estimate of drug-likeness (QED) is 0.787. The Kier molecular flexibility index (Phi) is 4.84. The lowest BCUT2D eigenvalue weighted by molar-refractivity contribution is 0.400. The molecule has 2 rings (SSSR count). The molecule has 0 radical (unpaired) electrons. The topological polar surface area (TPSA) is 12.0 Å². The maximum absolute atomic E-state index is 13.3. The van der Waals surface area contributed by atoms with Gasteiger partial charge in [0.2, 0.25) is 0 Å². The van der Waals surface area contributed by atoms with Crippen molar-refractivity contribution in [3.63, 3.8) is 0 Å². The van der Waals surface area contributed by atoms with Gasteiger partial charge in [-0.1, -0.05) is 39.7 Å². The van der Waals surface area contributed by atoms with Crippen LogP contribution in [0.5, 0.6) is 0 Å². The van der Waals surface area contributed by atoms with Gasteiger partial charge in [-0.15, -0.1) is 0 Å². The summed E-state index contributed by atoms with van der Waals surface area (Å²) in [5, 5.41) is 3.84. The minimum atomic E-state index is -0.309. The molecule has 0 aromatic heterocycles. The summed E-state index contributed by atoms with van der Waals surface area (Å²) >= 11 is 9.29. The zero-order valence-corrected chi connectivity index (χ0v) is 13.7. The standard InChI is InChI=1S/C16H16BrClFN/c1-16(2,12-3-5-13(17)6-4-12)20-10-11-7-14(18)9-15(19)8-11/h3-9,20H,10H2,1-2H3. The monoisotopic (exact) mass is 355 g/mol. The maximum atomic E-state index is 13.3. The Morgan fingerprint density at radius 1 is 1.15 bits per heavy atom. The zero-order valence-electron chi connectivity index (χ0n) is 11.4. The van der Waals surface area contributed by atoms with Crippen LogP contribution in [0.15, 0.2) is 46.9 Å². The SMILES string of the molecule is CC(C)(NCc1cc(F)cc(Cl)c1)c1ccc(Br)cc1. The lowest BCUT2D eigenvalue weighted by Gasteiger charge is -2.27. The highest BCUT2D eigenvalue weighted by molar-refractivity contribution is 9.10. The molecule has 0 unspecified atom stereocenters. The smallest absolute Gasteiger partial charge is 0.125 e. The summed E-state index contributed by atoms with van der Waals surface area (Å²) in [5.41, 5.74) is 1.79. The molecular formula is C16H16BrClFN. The van der Waals surface area contributed by atoms with E-state index in [1.165, 1.54) is 17.7 Å². The maximum Gasteiger partial charge on any atom is 0.125 e. The van der Waals surface area contributed by atoms with Crippen molar-refractivity contribution >= 4 is 27.5 Å². The molecule has 0 aliphatic heterocycles. The zero-order chi connectivity index (χ0) is 14.8. The highest BCUT2D eigenvalue weighted by Gasteiger charge is 2.19. The van der Waals surface area contributed by atoms with Gasteiger partial charge < -0.3 is 5.32 Å². The Balaban J connectivity index is 2.10. The van der Waals surface area contributed by atoms with Crippen molar-refractivity contribution in [1.29, 1.82) is 0 Å². The fourth-order valence-corrected chi connectivity index (χ4v) is 2.51. The van der Waals surface area contributed by atoms with Crippen LogP contribution in [0, 0.1) is 5.82 Å². The van der Waals surface area contributed by atoms with Crippen LogP contribution >= 0.6 is 27.5 Å². The predicted molar refractivity (Wildman–Crippen MR) is 85.4 cm³/mol. The molecule has 0 saturated carbocycles. The third-order valence-corrected chi connectivity index (χ3v) is 3.97. The van der Waals surface area contributed by atoms with Gasteiger partial charge in [0, 0.05) is 21.6 Å². The van der Waals surface area contributed by atoms with Crippen molar-refractivity contribution in [1.82, 2.24) is 5.32 Å². The summed E-state index contributed by atoms with van der Waals surface area (Å²) in [6.07, 6.45) is 0. The third-order valence-electron chi connectivity index (χ3n) is 3.22. The van der Waals surface area contributed by atoms with Gasteiger partial charge in [-0.3, -0.25) is 0 Å². The molecule has 20 heavy (non-hydrogen) atoms. The molecule has 0 saturated heterocycles. The Labute approximate surface area is 132 Å². The molecule has 0 fully saturated rings. The normalized spacial score (nSPS) is 11.7. The second kappa shape index (κ2) is 6.25. The summed E-state index contributed by atoms with van der Waals surface area (Å²) in [7, 11) is 0. The van der Waals surface area contributed by atoms with Crippen LogP contribution in [0.1, 0.15) is 25.0 Å². The molecule has 0 atom stereocenters. The first-order valence-electron chi connectivity index (χ1n) is 6.33. The largest absolute Gasteiger partial charge is 0.304 e. The number of hydrogen-bond acceptors (Lipinski definition) is 1. The van der Waals surface area contributed by atoms with E-state index in [-0.39, 0.29) is 11.4 Å². The molecule has 1 nitrogen and oxygen atoms in total. The Morgan fingerprint density at radius 2 is 1.80 bits per heavy atom. The lowest BCUT2D eigenvalue weighted by Crippen LogP contribution is -2.35. The molecule has 4 heteroatoms. The second-order valence-corrected chi connectivity index (χ2v) is 6.62. The number of nitrogens with one attached hydrogen (secondary N) is 1. The summed E-state index contributed by atoms with van der Waals surface area (Å²) in [4.78, 5) is 0. The highest BCUT2D eigenvalue weighted by Crippen LogP contribution is 2.23. The van der Waals surface area contributed by atoms with E-state index < -0.39 is 0 Å². The van der Waals surface area contributed by atoms with Gasteiger partial charge in [0.1, 0.15) is 5.82 Å². The molecule has 0 aliphatic rings. The van der Waals surface area contributed by atoms with Crippen LogP contribution < -0.4 is 5.32 Å². The van der Waals surface area contributed by atoms with Crippen molar-refractivity contribution in [2.75, 3.05) is 0 Å². The molecule has 2 aromatic rings. The number of rotatable bonds is 4. The van der Waals surface area contributed by atoms with Crippen molar-refractivity contribution in [2.45, 2.75) is 25.9 Å². The van der Waals surface area contributed by atoms with Crippen LogP contribution in [0.4, 0.5) is 4.39 Å². The Morgan fingerprint density at radius 3 is 2.40 bits per heavy atom. The van der Waals surface area contributed by atoms with Crippen molar-refractivity contribution in [3.8, 4) is 0 Å². The predicted octanol–water partition coefficient (Wildman–Crippen LogP) is 5.27. The first-order chi connectivity index (χ1) is 9.37. The fourth-order valence-electron chi connectivity index (χ4n) is 2.00. The molecule has 2 aromatic carbocycles. The summed E-state index contributed by atoms with van der Waals surface area (Å²) in [6.45, 7) is 4.74. The van der Waals surface area contributed by atoms with E-state index in [9.17, 15) is 4.39 Å². The van der Waals surface area contributed by atoms with Gasteiger partial charge in [0.05, 0.1) is 0 Å². The van der Waals surface area contributed by atoms with Crippen LogP contribution in [0.3, 0.4) is 0 Å². The first-order valence-corrected chi connectivity index (χ1v) is 7.50.